The molecule has 9 heteroatoms. The summed E-state index contributed by atoms with van der Waals surface area (Å²) >= 11 is 7.32. The van der Waals surface area contributed by atoms with Crippen molar-refractivity contribution >= 4 is 41.3 Å². The zero-order chi connectivity index (χ0) is 18.9. The highest BCUT2D eigenvalue weighted by Gasteiger charge is 2.18. The Balaban J connectivity index is 2.02. The van der Waals surface area contributed by atoms with E-state index in [4.69, 9.17) is 16.3 Å². The number of nitrogens with one attached hydrogen (secondary N) is 1. The summed E-state index contributed by atoms with van der Waals surface area (Å²) in [7, 11) is 0. The van der Waals surface area contributed by atoms with Gasteiger partial charge in [-0.25, -0.2) is 14.6 Å². The minimum atomic E-state index is -0.898. The average Bonchev–Trinajstić information content (AvgIpc) is 2.62. The molecule has 2 aromatic rings. The number of aromatic nitrogens is 1. The van der Waals surface area contributed by atoms with Crippen molar-refractivity contribution in [2.45, 2.75) is 16.8 Å². The van der Waals surface area contributed by atoms with E-state index in [1.54, 1.807) is 31.2 Å². The Morgan fingerprint density at radius 2 is 1.92 bits per heavy atom. The van der Waals surface area contributed by atoms with Crippen molar-refractivity contribution in [1.29, 1.82) is 0 Å². The van der Waals surface area contributed by atoms with Crippen LogP contribution in [0.25, 0.3) is 0 Å². The van der Waals surface area contributed by atoms with Crippen LogP contribution in [0.5, 0.6) is 0 Å². The van der Waals surface area contributed by atoms with Crippen LogP contribution < -0.4 is 5.32 Å². The molecule has 0 spiro atoms. The highest BCUT2D eigenvalue weighted by molar-refractivity contribution is 7.99. The molecule has 136 valence electrons. The van der Waals surface area contributed by atoms with E-state index in [1.165, 1.54) is 24.0 Å². The lowest BCUT2D eigenvalue weighted by Gasteiger charge is -2.09. The lowest BCUT2D eigenvalue weighted by Crippen LogP contribution is -2.34. The van der Waals surface area contributed by atoms with Crippen LogP contribution in [-0.4, -0.2) is 36.2 Å². The van der Waals surface area contributed by atoms with E-state index < -0.39 is 24.6 Å². The van der Waals surface area contributed by atoms with Crippen molar-refractivity contribution in [2.75, 3.05) is 13.2 Å². The maximum absolute atomic E-state index is 12.3. The normalized spacial score (nSPS) is 10.1. The van der Waals surface area contributed by atoms with Crippen molar-refractivity contribution in [2.24, 2.45) is 0 Å². The summed E-state index contributed by atoms with van der Waals surface area (Å²) < 4.78 is 9.50. The molecule has 2 rings (SSSR count). The van der Waals surface area contributed by atoms with Gasteiger partial charge in [-0.1, -0.05) is 35.5 Å². The molecule has 0 aliphatic rings. The number of esters is 1. The van der Waals surface area contributed by atoms with Crippen LogP contribution in [0.4, 0.5) is 4.79 Å². The fourth-order valence-corrected chi connectivity index (χ4v) is 2.93. The lowest BCUT2D eigenvalue weighted by atomic mass is 10.3. The second-order valence-electron chi connectivity index (χ2n) is 4.73. The van der Waals surface area contributed by atoms with E-state index in [-0.39, 0.29) is 12.2 Å². The molecule has 0 fully saturated rings. The van der Waals surface area contributed by atoms with Gasteiger partial charge in [-0.15, -0.1) is 0 Å². The summed E-state index contributed by atoms with van der Waals surface area (Å²) in [6, 6.07) is 10.2. The topological polar surface area (TPSA) is 94.6 Å². The number of benzene rings is 1. The van der Waals surface area contributed by atoms with Crippen LogP contribution >= 0.6 is 23.4 Å². The molecule has 0 aliphatic heterocycles. The molecular weight excluding hydrogens is 380 g/mol. The van der Waals surface area contributed by atoms with E-state index in [1.807, 2.05) is 11.4 Å². The Kier molecular flexibility index (Phi) is 7.43. The van der Waals surface area contributed by atoms with Crippen LogP contribution in [-0.2, 0) is 14.3 Å². The third-order valence-electron chi connectivity index (χ3n) is 2.89. The molecule has 1 heterocycles. The van der Waals surface area contributed by atoms with Gasteiger partial charge in [-0.05, 0) is 31.2 Å². The standard InChI is InChI=1S/C17H15ClN2O5S/c1-2-24-17(23)20-14(21)10-25-16(22)11-6-5-9-19-15(11)26-13-8-4-3-7-12(13)18/h3-9H,2,10H2,1H3,(H,20,21,23). The summed E-state index contributed by atoms with van der Waals surface area (Å²) in [5.41, 5.74) is 0.182. The van der Waals surface area contributed by atoms with Gasteiger partial charge in [0, 0.05) is 11.1 Å². The molecule has 0 saturated carbocycles. The first-order chi connectivity index (χ1) is 12.5. The molecule has 7 nitrogen and oxygen atoms in total. The van der Waals surface area contributed by atoms with Crippen LogP contribution in [0.15, 0.2) is 52.5 Å². The van der Waals surface area contributed by atoms with E-state index in [9.17, 15) is 14.4 Å². The van der Waals surface area contributed by atoms with Gasteiger partial charge in [-0.2, -0.15) is 0 Å². The van der Waals surface area contributed by atoms with E-state index >= 15 is 0 Å². The van der Waals surface area contributed by atoms with Crippen molar-refractivity contribution in [3.8, 4) is 0 Å². The van der Waals surface area contributed by atoms with Gasteiger partial charge < -0.3 is 9.47 Å². The summed E-state index contributed by atoms with van der Waals surface area (Å²) in [4.78, 5) is 39.8. The number of nitrogens with zero attached hydrogens (tertiary/aromatic N) is 1. The molecule has 0 atom stereocenters. The van der Waals surface area contributed by atoms with E-state index in [2.05, 4.69) is 9.72 Å². The monoisotopic (exact) mass is 394 g/mol. The van der Waals surface area contributed by atoms with Crippen molar-refractivity contribution in [1.82, 2.24) is 10.3 Å². The summed E-state index contributed by atoms with van der Waals surface area (Å²) in [6.07, 6.45) is 0.633. The molecule has 2 amide bonds. The predicted octanol–water partition coefficient (Wildman–Crippen LogP) is 3.32. The summed E-state index contributed by atoms with van der Waals surface area (Å²) in [6.45, 7) is 1.10. The van der Waals surface area contributed by atoms with Crippen LogP contribution in [0, 0.1) is 0 Å². The number of imide groups is 1. The Bertz CT molecular complexity index is 815. The first-order valence-corrected chi connectivity index (χ1v) is 8.71. The Morgan fingerprint density at radius 3 is 2.65 bits per heavy atom. The minimum absolute atomic E-state index is 0.122. The molecule has 1 N–H and O–H groups in total. The Hall–Kier alpha value is -2.58. The largest absolute Gasteiger partial charge is 0.452 e. The second kappa shape index (κ2) is 9.79. The molecular formula is C17H15ClN2O5S. The summed E-state index contributed by atoms with van der Waals surface area (Å²) in [5.74, 6) is -1.53. The number of hydrogen-bond donors (Lipinski definition) is 1. The van der Waals surface area contributed by atoms with Gasteiger partial charge in [0.15, 0.2) is 6.61 Å². The number of carbonyl (C=O) groups is 3. The van der Waals surface area contributed by atoms with Crippen molar-refractivity contribution in [3.05, 3.63) is 53.2 Å². The van der Waals surface area contributed by atoms with E-state index in [0.717, 1.165) is 4.90 Å². The fourth-order valence-electron chi connectivity index (χ4n) is 1.79. The number of ether oxygens (including phenoxy) is 2. The number of amides is 2. The van der Waals surface area contributed by atoms with Gasteiger partial charge in [0.25, 0.3) is 5.91 Å². The molecule has 0 bridgehead atoms. The molecule has 1 aromatic heterocycles. The van der Waals surface area contributed by atoms with Crippen molar-refractivity contribution < 1.29 is 23.9 Å². The number of alkyl carbamates (subject to hydrolysis) is 1. The highest BCUT2D eigenvalue weighted by Crippen LogP contribution is 2.33. The maximum Gasteiger partial charge on any atom is 0.413 e. The number of halogens is 1. The maximum atomic E-state index is 12.3. The lowest BCUT2D eigenvalue weighted by molar-refractivity contribution is -0.123. The zero-order valence-electron chi connectivity index (χ0n) is 13.7. The smallest absolute Gasteiger partial charge is 0.413 e. The third kappa shape index (κ3) is 5.75. The van der Waals surface area contributed by atoms with Gasteiger partial charge >= 0.3 is 12.1 Å². The fraction of sp³-hybridized carbons (Fsp3) is 0.176. The van der Waals surface area contributed by atoms with E-state index in [0.29, 0.717) is 10.0 Å². The Morgan fingerprint density at radius 1 is 1.15 bits per heavy atom. The summed E-state index contributed by atoms with van der Waals surface area (Å²) in [5, 5.41) is 2.84. The van der Waals surface area contributed by atoms with Gasteiger partial charge in [0.1, 0.15) is 5.03 Å². The van der Waals surface area contributed by atoms with Crippen LogP contribution in [0.1, 0.15) is 17.3 Å². The Labute approximate surface area is 159 Å². The van der Waals surface area contributed by atoms with Crippen LogP contribution in [0.2, 0.25) is 5.02 Å². The highest BCUT2D eigenvalue weighted by atomic mass is 35.5. The van der Waals surface area contributed by atoms with Crippen molar-refractivity contribution in [3.63, 3.8) is 0 Å². The molecule has 1 aromatic carbocycles. The predicted molar refractivity (Wildman–Crippen MR) is 95.3 cm³/mol. The molecule has 0 saturated heterocycles. The second-order valence-corrected chi connectivity index (χ2v) is 6.17. The number of carbonyl (C=O) groups excluding carboxylic acids is 3. The number of rotatable bonds is 6. The quantitative estimate of drug-likeness (QED) is 0.751. The molecule has 0 unspecified atom stereocenters. The van der Waals surface area contributed by atoms with Gasteiger partial charge in [-0.3, -0.25) is 10.1 Å². The average molecular weight is 395 g/mol. The molecule has 0 aliphatic carbocycles. The number of pyridine rings is 1. The van der Waals surface area contributed by atoms with Gasteiger partial charge in [0.05, 0.1) is 17.2 Å². The van der Waals surface area contributed by atoms with Crippen LogP contribution in [0.3, 0.4) is 0 Å². The third-order valence-corrected chi connectivity index (χ3v) is 4.42. The first kappa shape index (κ1) is 19.7. The van der Waals surface area contributed by atoms with Gasteiger partial charge in [0.2, 0.25) is 0 Å². The SMILES string of the molecule is CCOC(=O)NC(=O)COC(=O)c1cccnc1Sc1ccccc1Cl. The number of hydrogen-bond acceptors (Lipinski definition) is 7. The molecule has 26 heavy (non-hydrogen) atoms. The molecule has 0 radical (unpaired) electrons. The minimum Gasteiger partial charge on any atom is -0.452 e. The zero-order valence-corrected chi connectivity index (χ0v) is 15.3. The first-order valence-electron chi connectivity index (χ1n) is 7.52.